The lowest BCUT2D eigenvalue weighted by atomic mass is 9.97. The molecule has 1 aliphatic rings. The van der Waals surface area contributed by atoms with Gasteiger partial charge in [0.25, 0.3) is 0 Å². The van der Waals surface area contributed by atoms with Gasteiger partial charge >= 0.3 is 0 Å². The Kier molecular flexibility index (Phi) is 8.60. The first kappa shape index (κ1) is 25.0. The van der Waals surface area contributed by atoms with Crippen LogP contribution < -0.4 is 14.8 Å². The molecule has 2 heterocycles. The Bertz CT molecular complexity index is 1140. The quantitative estimate of drug-likeness (QED) is 0.432. The van der Waals surface area contributed by atoms with Gasteiger partial charge in [-0.2, -0.15) is 4.98 Å². The number of nitrogens with one attached hydrogen (secondary N) is 1. The van der Waals surface area contributed by atoms with Gasteiger partial charge in [-0.05, 0) is 63.1 Å². The molecule has 1 fully saturated rings. The lowest BCUT2D eigenvalue weighted by Crippen LogP contribution is -2.42. The highest BCUT2D eigenvalue weighted by molar-refractivity contribution is 6.33. The SMILES string of the molecule is CCOc1ccc(CNC(=O)C2CCCN(Cc3nc(-c4ccccc4Cl)no3)C2)cc1OCC. The van der Waals surface area contributed by atoms with E-state index in [0.717, 1.165) is 30.5 Å². The molecule has 9 heteroatoms. The fourth-order valence-electron chi connectivity index (χ4n) is 4.21. The number of halogens is 1. The molecule has 1 amide bonds. The molecule has 1 N–H and O–H groups in total. The second kappa shape index (κ2) is 12.0. The largest absolute Gasteiger partial charge is 0.490 e. The maximum absolute atomic E-state index is 12.9. The van der Waals surface area contributed by atoms with Crippen LogP contribution in [-0.4, -0.2) is 47.3 Å². The third-order valence-electron chi connectivity index (χ3n) is 5.89. The molecule has 1 aromatic heterocycles. The summed E-state index contributed by atoms with van der Waals surface area (Å²) < 4.78 is 16.8. The minimum absolute atomic E-state index is 0.0452. The van der Waals surface area contributed by atoms with E-state index in [9.17, 15) is 4.79 Å². The summed E-state index contributed by atoms with van der Waals surface area (Å²) in [5, 5.41) is 7.73. The molecule has 1 atom stereocenters. The Balaban J connectivity index is 1.32. The highest BCUT2D eigenvalue weighted by Crippen LogP contribution is 2.29. The number of hydrogen-bond donors (Lipinski definition) is 1. The summed E-state index contributed by atoms with van der Waals surface area (Å²) in [4.78, 5) is 19.6. The summed E-state index contributed by atoms with van der Waals surface area (Å²) in [5.74, 6) is 2.34. The molecule has 0 radical (unpaired) electrons. The number of carbonyl (C=O) groups excluding carboxylic acids is 1. The Hall–Kier alpha value is -3.10. The van der Waals surface area contributed by atoms with Crippen molar-refractivity contribution in [2.45, 2.75) is 39.8 Å². The summed E-state index contributed by atoms with van der Waals surface area (Å²) in [5.41, 5.74) is 1.71. The number of piperidine rings is 1. The molecule has 35 heavy (non-hydrogen) atoms. The van der Waals surface area contributed by atoms with Crippen LogP contribution in [-0.2, 0) is 17.9 Å². The van der Waals surface area contributed by atoms with Crippen LogP contribution >= 0.6 is 11.6 Å². The van der Waals surface area contributed by atoms with Crippen molar-refractivity contribution in [1.29, 1.82) is 0 Å². The molecule has 4 rings (SSSR count). The molecular weight excluding hydrogens is 468 g/mol. The van der Waals surface area contributed by atoms with Crippen molar-refractivity contribution >= 4 is 17.5 Å². The molecule has 0 saturated carbocycles. The third-order valence-corrected chi connectivity index (χ3v) is 6.22. The smallest absolute Gasteiger partial charge is 0.241 e. The van der Waals surface area contributed by atoms with Crippen LogP contribution in [0.1, 0.15) is 38.1 Å². The molecule has 0 spiro atoms. The van der Waals surface area contributed by atoms with E-state index in [0.29, 0.717) is 61.1 Å². The topological polar surface area (TPSA) is 89.7 Å². The second-order valence-electron chi connectivity index (χ2n) is 8.43. The van der Waals surface area contributed by atoms with E-state index in [4.69, 9.17) is 25.6 Å². The van der Waals surface area contributed by atoms with Gasteiger partial charge in [-0.1, -0.05) is 35.0 Å². The maximum Gasteiger partial charge on any atom is 0.241 e. The summed E-state index contributed by atoms with van der Waals surface area (Å²) in [7, 11) is 0. The van der Waals surface area contributed by atoms with Gasteiger partial charge in [-0.3, -0.25) is 9.69 Å². The fraction of sp³-hybridized carbons (Fsp3) is 0.423. The first-order valence-electron chi connectivity index (χ1n) is 12.0. The molecule has 1 unspecified atom stereocenters. The minimum Gasteiger partial charge on any atom is -0.490 e. The lowest BCUT2D eigenvalue weighted by Gasteiger charge is -2.30. The van der Waals surface area contributed by atoms with E-state index in [1.54, 1.807) is 6.07 Å². The number of amides is 1. The zero-order valence-electron chi connectivity index (χ0n) is 20.1. The van der Waals surface area contributed by atoms with Gasteiger partial charge in [0.05, 0.1) is 30.7 Å². The van der Waals surface area contributed by atoms with Gasteiger partial charge in [-0.25, -0.2) is 0 Å². The molecule has 186 valence electrons. The number of rotatable bonds is 10. The second-order valence-corrected chi connectivity index (χ2v) is 8.84. The van der Waals surface area contributed by atoms with Crippen molar-refractivity contribution in [3.63, 3.8) is 0 Å². The molecule has 2 aromatic carbocycles. The van der Waals surface area contributed by atoms with Crippen molar-refractivity contribution in [2.75, 3.05) is 26.3 Å². The standard InChI is InChI=1S/C26H31ClN4O4/c1-3-33-22-12-11-18(14-23(22)34-4-2)15-28-26(32)19-8-7-13-31(16-19)17-24-29-25(30-35-24)20-9-5-6-10-21(20)27/h5-6,9-12,14,19H,3-4,7-8,13,15-17H2,1-2H3,(H,28,32). The van der Waals surface area contributed by atoms with Gasteiger partial charge in [-0.15, -0.1) is 0 Å². The number of nitrogens with zero attached hydrogens (tertiary/aromatic N) is 3. The van der Waals surface area contributed by atoms with Crippen LogP contribution in [0.5, 0.6) is 11.5 Å². The van der Waals surface area contributed by atoms with Crippen LogP contribution in [0.2, 0.25) is 5.02 Å². The van der Waals surface area contributed by atoms with E-state index in [-0.39, 0.29) is 11.8 Å². The number of carbonyl (C=O) groups is 1. The van der Waals surface area contributed by atoms with Crippen LogP contribution in [0.3, 0.4) is 0 Å². The Morgan fingerprint density at radius 3 is 2.77 bits per heavy atom. The molecule has 1 aliphatic heterocycles. The lowest BCUT2D eigenvalue weighted by molar-refractivity contribution is -0.127. The van der Waals surface area contributed by atoms with Crippen LogP contribution in [0.25, 0.3) is 11.4 Å². The summed E-state index contributed by atoms with van der Waals surface area (Å²) >= 11 is 6.24. The zero-order valence-corrected chi connectivity index (χ0v) is 20.9. The van der Waals surface area contributed by atoms with E-state index >= 15 is 0 Å². The van der Waals surface area contributed by atoms with Crippen molar-refractivity contribution in [2.24, 2.45) is 5.92 Å². The Morgan fingerprint density at radius 2 is 1.97 bits per heavy atom. The zero-order chi connectivity index (χ0) is 24.6. The Labute approximate surface area is 210 Å². The molecule has 0 aliphatic carbocycles. The van der Waals surface area contributed by atoms with E-state index < -0.39 is 0 Å². The molecular formula is C26H31ClN4O4. The molecule has 0 bridgehead atoms. The van der Waals surface area contributed by atoms with Gasteiger partial charge in [0.1, 0.15) is 0 Å². The highest BCUT2D eigenvalue weighted by Gasteiger charge is 2.27. The van der Waals surface area contributed by atoms with Crippen LogP contribution in [0, 0.1) is 5.92 Å². The number of hydrogen-bond acceptors (Lipinski definition) is 7. The maximum atomic E-state index is 12.9. The average Bonchev–Trinajstić information content (AvgIpc) is 3.32. The monoisotopic (exact) mass is 498 g/mol. The van der Waals surface area contributed by atoms with Gasteiger partial charge < -0.3 is 19.3 Å². The van der Waals surface area contributed by atoms with E-state index in [1.165, 1.54) is 0 Å². The van der Waals surface area contributed by atoms with Gasteiger partial charge in [0, 0.05) is 18.7 Å². The molecule has 1 saturated heterocycles. The van der Waals surface area contributed by atoms with Gasteiger partial charge in [0.15, 0.2) is 11.5 Å². The van der Waals surface area contributed by atoms with Crippen molar-refractivity contribution in [1.82, 2.24) is 20.4 Å². The first-order chi connectivity index (χ1) is 17.1. The predicted molar refractivity (Wildman–Crippen MR) is 133 cm³/mol. The van der Waals surface area contributed by atoms with E-state index in [2.05, 4.69) is 20.4 Å². The summed E-state index contributed by atoms with van der Waals surface area (Å²) in [6.07, 6.45) is 1.78. The van der Waals surface area contributed by atoms with Crippen LogP contribution in [0.15, 0.2) is 47.0 Å². The Morgan fingerprint density at radius 1 is 1.17 bits per heavy atom. The first-order valence-corrected chi connectivity index (χ1v) is 12.4. The normalized spacial score (nSPS) is 16.1. The minimum atomic E-state index is -0.0937. The molecule has 3 aromatic rings. The number of benzene rings is 2. The van der Waals surface area contributed by atoms with E-state index in [1.807, 2.05) is 50.2 Å². The van der Waals surface area contributed by atoms with Crippen molar-refractivity contribution < 1.29 is 18.8 Å². The fourth-order valence-corrected chi connectivity index (χ4v) is 4.43. The average molecular weight is 499 g/mol. The van der Waals surface area contributed by atoms with Crippen LogP contribution in [0.4, 0.5) is 0 Å². The predicted octanol–water partition coefficient (Wildman–Crippen LogP) is 4.72. The summed E-state index contributed by atoms with van der Waals surface area (Å²) in [6, 6.07) is 13.2. The number of likely N-dealkylation sites (tertiary alicyclic amines) is 1. The van der Waals surface area contributed by atoms with Gasteiger partial charge in [0.2, 0.25) is 17.6 Å². The number of ether oxygens (including phenoxy) is 2. The van der Waals surface area contributed by atoms with Crippen molar-refractivity contribution in [3.8, 4) is 22.9 Å². The van der Waals surface area contributed by atoms with Crippen molar-refractivity contribution in [3.05, 3.63) is 58.9 Å². The number of aromatic nitrogens is 2. The summed E-state index contributed by atoms with van der Waals surface area (Å²) in [6.45, 7) is 7.45. The molecule has 8 nitrogen and oxygen atoms in total. The third kappa shape index (κ3) is 6.52. The highest BCUT2D eigenvalue weighted by atomic mass is 35.5.